The topological polar surface area (TPSA) is 20.2 Å². The van der Waals surface area contributed by atoms with Crippen LogP contribution in [0.4, 0.5) is 0 Å². The minimum absolute atomic E-state index is 0.754. The van der Waals surface area contributed by atoms with Crippen LogP contribution in [0.15, 0.2) is 49.0 Å². The van der Waals surface area contributed by atoms with Crippen molar-refractivity contribution in [3.05, 3.63) is 54.6 Å². The lowest BCUT2D eigenvalue weighted by atomic mass is 9.89. The van der Waals surface area contributed by atoms with E-state index in [1.165, 1.54) is 5.39 Å². The van der Waals surface area contributed by atoms with Crippen molar-refractivity contribution >= 4 is 16.3 Å². The number of aliphatic hydroxyl groups is 1. The van der Waals surface area contributed by atoms with Crippen LogP contribution in [0.25, 0.3) is 16.3 Å². The smallest absolute Gasteiger partial charge is 0.0840 e. The fraction of sp³-hybridized carbons (Fsp3) is 0.200. The summed E-state index contributed by atoms with van der Waals surface area (Å²) in [6.45, 7) is 7.52. The Morgan fingerprint density at radius 1 is 1.06 bits per heavy atom. The Balaban J connectivity index is 2.66. The molecular formula is C15H16O. The van der Waals surface area contributed by atoms with Gasteiger partial charge >= 0.3 is 0 Å². The summed E-state index contributed by atoms with van der Waals surface area (Å²) in [4.78, 5) is 0. The van der Waals surface area contributed by atoms with Crippen molar-refractivity contribution in [2.45, 2.75) is 19.4 Å². The van der Waals surface area contributed by atoms with Gasteiger partial charge in [-0.05, 0) is 35.8 Å². The quantitative estimate of drug-likeness (QED) is 0.806. The zero-order valence-electron chi connectivity index (χ0n) is 9.70. The van der Waals surface area contributed by atoms with Crippen molar-refractivity contribution in [3.8, 4) is 0 Å². The van der Waals surface area contributed by atoms with E-state index in [1.54, 1.807) is 13.8 Å². The summed E-state index contributed by atoms with van der Waals surface area (Å²) in [7, 11) is 0. The van der Waals surface area contributed by atoms with Crippen LogP contribution in [-0.4, -0.2) is 10.7 Å². The molecule has 0 spiro atoms. The maximum Gasteiger partial charge on any atom is 0.0840 e. The van der Waals surface area contributed by atoms with Gasteiger partial charge in [-0.1, -0.05) is 49.0 Å². The molecule has 0 atom stereocenters. The van der Waals surface area contributed by atoms with E-state index in [4.69, 9.17) is 0 Å². The van der Waals surface area contributed by atoms with E-state index >= 15 is 0 Å². The first-order valence-corrected chi connectivity index (χ1v) is 5.40. The minimum Gasteiger partial charge on any atom is -0.386 e. The molecule has 0 aliphatic rings. The van der Waals surface area contributed by atoms with E-state index in [1.807, 2.05) is 24.3 Å². The van der Waals surface area contributed by atoms with Crippen LogP contribution < -0.4 is 0 Å². The third-order valence-electron chi connectivity index (χ3n) is 2.85. The first-order valence-electron chi connectivity index (χ1n) is 5.40. The van der Waals surface area contributed by atoms with E-state index in [0.29, 0.717) is 0 Å². The predicted molar refractivity (Wildman–Crippen MR) is 69.3 cm³/mol. The normalized spacial score (nSPS) is 11.7. The average molecular weight is 212 g/mol. The third kappa shape index (κ3) is 1.86. The van der Waals surface area contributed by atoms with Gasteiger partial charge in [0.1, 0.15) is 0 Å². The Morgan fingerprint density at radius 3 is 2.38 bits per heavy atom. The second kappa shape index (κ2) is 3.76. The molecule has 0 heterocycles. The van der Waals surface area contributed by atoms with Crippen LogP contribution in [0, 0.1) is 0 Å². The number of fused-ring (bicyclic) bond motifs is 1. The molecule has 0 unspecified atom stereocenters. The Hall–Kier alpha value is -1.60. The fourth-order valence-electron chi connectivity index (χ4n) is 1.82. The molecule has 0 fully saturated rings. The van der Waals surface area contributed by atoms with Gasteiger partial charge in [-0.25, -0.2) is 0 Å². The maximum atomic E-state index is 10.00. The number of rotatable bonds is 2. The molecule has 2 aromatic rings. The Morgan fingerprint density at radius 2 is 1.69 bits per heavy atom. The van der Waals surface area contributed by atoms with Crippen molar-refractivity contribution in [3.63, 3.8) is 0 Å². The summed E-state index contributed by atoms with van der Waals surface area (Å²) in [6.07, 6.45) is 0. The predicted octanol–water partition coefficient (Wildman–Crippen LogP) is 3.62. The Kier molecular flexibility index (Phi) is 2.56. The molecule has 1 nitrogen and oxygen atoms in total. The van der Waals surface area contributed by atoms with Crippen LogP contribution in [0.2, 0.25) is 0 Å². The highest BCUT2D eigenvalue weighted by atomic mass is 16.3. The van der Waals surface area contributed by atoms with Crippen molar-refractivity contribution in [2.75, 3.05) is 0 Å². The standard InChI is InChI=1S/C15H16O/c1-11(15(2,3)16)13-10-6-8-12-7-4-5-9-14(12)13/h4-10,16H,1H2,2-3H3. The number of benzene rings is 2. The summed E-state index contributed by atoms with van der Waals surface area (Å²) in [5.74, 6) is 0. The Labute approximate surface area is 96.0 Å². The highest BCUT2D eigenvalue weighted by Crippen LogP contribution is 2.30. The molecule has 16 heavy (non-hydrogen) atoms. The molecule has 82 valence electrons. The van der Waals surface area contributed by atoms with Gasteiger partial charge in [0.25, 0.3) is 0 Å². The Bertz CT molecular complexity index is 527. The van der Waals surface area contributed by atoms with E-state index in [-0.39, 0.29) is 0 Å². The number of hydrogen-bond acceptors (Lipinski definition) is 1. The average Bonchev–Trinajstić information content (AvgIpc) is 2.26. The zero-order valence-corrected chi connectivity index (χ0v) is 9.70. The van der Waals surface area contributed by atoms with E-state index in [0.717, 1.165) is 16.5 Å². The lowest BCUT2D eigenvalue weighted by Crippen LogP contribution is -2.20. The van der Waals surface area contributed by atoms with Gasteiger partial charge in [0, 0.05) is 0 Å². The van der Waals surface area contributed by atoms with E-state index in [9.17, 15) is 5.11 Å². The summed E-state index contributed by atoms with van der Waals surface area (Å²) >= 11 is 0. The molecule has 1 N–H and O–H groups in total. The van der Waals surface area contributed by atoms with Gasteiger partial charge in [-0.3, -0.25) is 0 Å². The van der Waals surface area contributed by atoms with Gasteiger partial charge in [-0.2, -0.15) is 0 Å². The highest BCUT2D eigenvalue weighted by Gasteiger charge is 2.19. The minimum atomic E-state index is -0.885. The van der Waals surface area contributed by atoms with Crippen LogP contribution in [0.3, 0.4) is 0 Å². The molecule has 0 aliphatic heterocycles. The molecule has 0 aromatic heterocycles. The second-order valence-corrected chi connectivity index (χ2v) is 4.56. The first-order chi connectivity index (χ1) is 7.50. The second-order valence-electron chi connectivity index (χ2n) is 4.56. The van der Waals surface area contributed by atoms with Crippen LogP contribution in [0.5, 0.6) is 0 Å². The number of hydrogen-bond donors (Lipinski definition) is 1. The van der Waals surface area contributed by atoms with Crippen molar-refractivity contribution in [1.29, 1.82) is 0 Å². The lowest BCUT2D eigenvalue weighted by Gasteiger charge is -2.22. The fourth-order valence-corrected chi connectivity index (χ4v) is 1.82. The van der Waals surface area contributed by atoms with Crippen molar-refractivity contribution < 1.29 is 5.11 Å². The van der Waals surface area contributed by atoms with E-state index < -0.39 is 5.60 Å². The van der Waals surface area contributed by atoms with Crippen LogP contribution >= 0.6 is 0 Å². The molecule has 0 amide bonds. The van der Waals surface area contributed by atoms with Gasteiger partial charge in [0.2, 0.25) is 0 Å². The summed E-state index contributed by atoms with van der Waals surface area (Å²) in [5, 5.41) is 12.3. The van der Waals surface area contributed by atoms with Crippen LogP contribution in [0.1, 0.15) is 19.4 Å². The molecule has 2 aromatic carbocycles. The molecule has 2 rings (SSSR count). The molecule has 1 heteroatoms. The monoisotopic (exact) mass is 212 g/mol. The van der Waals surface area contributed by atoms with Gasteiger partial charge in [0.15, 0.2) is 0 Å². The van der Waals surface area contributed by atoms with E-state index in [2.05, 4.69) is 24.8 Å². The summed E-state index contributed by atoms with van der Waals surface area (Å²) in [6, 6.07) is 14.2. The largest absolute Gasteiger partial charge is 0.386 e. The first kappa shape index (κ1) is 10.9. The molecule has 0 saturated heterocycles. The maximum absolute atomic E-state index is 10.00. The molecule has 0 bridgehead atoms. The van der Waals surface area contributed by atoms with Crippen molar-refractivity contribution in [2.24, 2.45) is 0 Å². The molecular weight excluding hydrogens is 196 g/mol. The van der Waals surface area contributed by atoms with Crippen LogP contribution in [-0.2, 0) is 0 Å². The summed E-state index contributed by atoms with van der Waals surface area (Å²) in [5.41, 5.74) is 0.888. The SMILES string of the molecule is C=C(c1cccc2ccccc12)C(C)(C)O. The molecule has 0 saturated carbocycles. The van der Waals surface area contributed by atoms with Crippen molar-refractivity contribution in [1.82, 2.24) is 0 Å². The highest BCUT2D eigenvalue weighted by molar-refractivity contribution is 5.94. The van der Waals surface area contributed by atoms with Gasteiger partial charge in [-0.15, -0.1) is 0 Å². The summed E-state index contributed by atoms with van der Waals surface area (Å²) < 4.78 is 0. The zero-order chi connectivity index (χ0) is 11.8. The third-order valence-corrected chi connectivity index (χ3v) is 2.85. The molecule has 0 aliphatic carbocycles. The lowest BCUT2D eigenvalue weighted by molar-refractivity contribution is 0.144. The van der Waals surface area contributed by atoms with Gasteiger partial charge < -0.3 is 5.11 Å². The molecule has 0 radical (unpaired) electrons. The van der Waals surface area contributed by atoms with Gasteiger partial charge in [0.05, 0.1) is 5.60 Å².